The first-order chi connectivity index (χ1) is 14.7. The lowest BCUT2D eigenvalue weighted by atomic mass is 9.93. The quantitative estimate of drug-likeness (QED) is 0.486. The van der Waals surface area contributed by atoms with Crippen molar-refractivity contribution in [2.45, 2.75) is 49.2 Å². The number of hydrogen-bond acceptors (Lipinski definition) is 8. The van der Waals surface area contributed by atoms with Crippen LogP contribution in [0.2, 0.25) is 0 Å². The summed E-state index contributed by atoms with van der Waals surface area (Å²) < 4.78 is 8.20. The maximum Gasteiger partial charge on any atom is 0.261 e. The van der Waals surface area contributed by atoms with Crippen LogP contribution in [0.15, 0.2) is 27.3 Å². The number of nitrogens with zero attached hydrogens (tertiary/aromatic N) is 4. The van der Waals surface area contributed by atoms with Crippen molar-refractivity contribution in [3.05, 3.63) is 39.4 Å². The minimum atomic E-state index is 0. The molecule has 0 aliphatic carbocycles. The number of piperidine rings is 1. The number of halogens is 1. The number of benzene rings is 1. The Balaban J connectivity index is 0.00000272. The summed E-state index contributed by atoms with van der Waals surface area (Å²) in [4.78, 5) is 18.2. The van der Waals surface area contributed by atoms with Gasteiger partial charge in [0.05, 0.1) is 18.2 Å². The third-order valence-corrected chi connectivity index (χ3v) is 7.50. The van der Waals surface area contributed by atoms with Gasteiger partial charge in [0.2, 0.25) is 0 Å². The molecule has 0 bridgehead atoms. The van der Waals surface area contributed by atoms with Gasteiger partial charge in [-0.25, -0.2) is 4.98 Å². The molecule has 3 heterocycles. The number of thioether (sulfide) groups is 1. The van der Waals surface area contributed by atoms with Crippen LogP contribution in [0.25, 0.3) is 10.9 Å². The van der Waals surface area contributed by atoms with Crippen LogP contribution < -0.4 is 15.6 Å². The first kappa shape index (κ1) is 24.0. The van der Waals surface area contributed by atoms with E-state index < -0.39 is 0 Å². The van der Waals surface area contributed by atoms with Gasteiger partial charge in [0.1, 0.15) is 22.1 Å². The normalized spacial score (nSPS) is 14.5. The zero-order valence-corrected chi connectivity index (χ0v) is 20.2. The topological polar surface area (TPSA) is 81.9 Å². The van der Waals surface area contributed by atoms with Gasteiger partial charge in [0.15, 0.2) is 4.34 Å². The van der Waals surface area contributed by atoms with Gasteiger partial charge in [-0.2, -0.15) is 0 Å². The molecule has 7 nitrogen and oxygen atoms in total. The number of aryl methyl sites for hydroxylation is 1. The SMILES string of the molecule is COc1cccc2c(=O)n(CCCC3CCNCC3)c(CSc3nnc(C)s3)nc12.Cl. The van der Waals surface area contributed by atoms with Gasteiger partial charge in [-0.05, 0) is 63.7 Å². The number of aromatic nitrogens is 4. The Kier molecular flexibility index (Phi) is 8.71. The van der Waals surface area contributed by atoms with Gasteiger partial charge >= 0.3 is 0 Å². The molecule has 1 aliphatic rings. The van der Waals surface area contributed by atoms with Crippen molar-refractivity contribution < 1.29 is 4.74 Å². The first-order valence-electron chi connectivity index (χ1n) is 10.4. The van der Waals surface area contributed by atoms with Gasteiger partial charge in [0, 0.05) is 6.54 Å². The molecular weight excluding hydrogens is 454 g/mol. The molecule has 2 aromatic heterocycles. The van der Waals surface area contributed by atoms with E-state index in [0.29, 0.717) is 29.0 Å². The lowest BCUT2D eigenvalue weighted by molar-refractivity contribution is 0.338. The van der Waals surface area contributed by atoms with Crippen molar-refractivity contribution in [1.82, 2.24) is 25.1 Å². The number of ether oxygens (including phenoxy) is 1. The third-order valence-electron chi connectivity index (χ3n) is 5.53. The number of para-hydroxylation sites is 1. The highest BCUT2D eigenvalue weighted by molar-refractivity contribution is 8.00. The van der Waals surface area contributed by atoms with Gasteiger partial charge in [-0.15, -0.1) is 22.6 Å². The van der Waals surface area contributed by atoms with Crippen LogP contribution >= 0.6 is 35.5 Å². The molecule has 1 aliphatic heterocycles. The molecule has 1 fully saturated rings. The predicted octanol–water partition coefficient (Wildman–Crippen LogP) is 4.06. The van der Waals surface area contributed by atoms with Crippen molar-refractivity contribution in [3.63, 3.8) is 0 Å². The Morgan fingerprint density at radius 2 is 2.10 bits per heavy atom. The molecule has 168 valence electrons. The summed E-state index contributed by atoms with van der Waals surface area (Å²) in [6.45, 7) is 4.84. The van der Waals surface area contributed by atoms with Crippen LogP contribution in [0.4, 0.5) is 0 Å². The maximum absolute atomic E-state index is 13.3. The number of rotatable bonds is 8. The van der Waals surface area contributed by atoms with Crippen molar-refractivity contribution in [2.75, 3.05) is 20.2 Å². The van der Waals surface area contributed by atoms with Crippen LogP contribution in [-0.4, -0.2) is 39.9 Å². The van der Waals surface area contributed by atoms with E-state index in [2.05, 4.69) is 15.5 Å². The molecule has 0 spiro atoms. The highest BCUT2D eigenvalue weighted by Crippen LogP contribution is 2.27. The Morgan fingerprint density at radius 1 is 1.29 bits per heavy atom. The van der Waals surface area contributed by atoms with Crippen LogP contribution in [0.5, 0.6) is 5.75 Å². The Hall–Kier alpha value is -1.68. The molecule has 31 heavy (non-hydrogen) atoms. The second-order valence-corrected chi connectivity index (χ2v) is 9.96. The summed E-state index contributed by atoms with van der Waals surface area (Å²) in [7, 11) is 1.61. The van der Waals surface area contributed by atoms with E-state index in [4.69, 9.17) is 9.72 Å². The molecule has 1 saturated heterocycles. The minimum Gasteiger partial charge on any atom is -0.494 e. The molecule has 0 unspecified atom stereocenters. The average molecular weight is 482 g/mol. The molecule has 0 atom stereocenters. The van der Waals surface area contributed by atoms with Crippen molar-refractivity contribution in [3.8, 4) is 5.75 Å². The van der Waals surface area contributed by atoms with Crippen molar-refractivity contribution >= 4 is 46.4 Å². The number of hydrogen-bond donors (Lipinski definition) is 1. The van der Waals surface area contributed by atoms with Crippen LogP contribution in [0.1, 0.15) is 36.5 Å². The van der Waals surface area contributed by atoms with Gasteiger partial charge < -0.3 is 10.1 Å². The number of fused-ring (bicyclic) bond motifs is 1. The van der Waals surface area contributed by atoms with Crippen LogP contribution in [0.3, 0.4) is 0 Å². The molecule has 1 aromatic carbocycles. The molecule has 0 amide bonds. The highest BCUT2D eigenvalue weighted by atomic mass is 35.5. The average Bonchev–Trinajstić information content (AvgIpc) is 3.19. The number of methoxy groups -OCH3 is 1. The monoisotopic (exact) mass is 481 g/mol. The summed E-state index contributed by atoms with van der Waals surface area (Å²) in [5, 5.41) is 13.2. The van der Waals surface area contributed by atoms with Crippen LogP contribution in [0, 0.1) is 12.8 Å². The van der Waals surface area contributed by atoms with Crippen molar-refractivity contribution in [2.24, 2.45) is 5.92 Å². The van der Waals surface area contributed by atoms with Gasteiger partial charge in [-0.1, -0.05) is 29.2 Å². The maximum atomic E-state index is 13.3. The second-order valence-electron chi connectivity index (χ2n) is 7.55. The van der Waals surface area contributed by atoms with E-state index in [1.54, 1.807) is 30.2 Å². The van der Waals surface area contributed by atoms with E-state index in [0.717, 1.165) is 47.0 Å². The largest absolute Gasteiger partial charge is 0.494 e. The van der Waals surface area contributed by atoms with Crippen molar-refractivity contribution in [1.29, 1.82) is 0 Å². The fraction of sp³-hybridized carbons (Fsp3) is 0.524. The molecular formula is C21H28ClN5O2S2. The zero-order chi connectivity index (χ0) is 20.9. The van der Waals surface area contributed by atoms with E-state index in [-0.39, 0.29) is 18.0 Å². The van der Waals surface area contributed by atoms with E-state index in [9.17, 15) is 4.79 Å². The van der Waals surface area contributed by atoms with Gasteiger partial charge in [-0.3, -0.25) is 9.36 Å². The molecule has 0 radical (unpaired) electrons. The van der Waals surface area contributed by atoms with E-state index in [1.807, 2.05) is 29.7 Å². The zero-order valence-electron chi connectivity index (χ0n) is 17.8. The Labute approximate surface area is 196 Å². The lowest BCUT2D eigenvalue weighted by Gasteiger charge is -2.22. The number of nitrogens with one attached hydrogen (secondary N) is 1. The van der Waals surface area contributed by atoms with E-state index >= 15 is 0 Å². The minimum absolute atomic E-state index is 0. The molecule has 1 N–H and O–H groups in total. The molecule has 3 aromatic rings. The Bertz CT molecular complexity index is 1070. The smallest absolute Gasteiger partial charge is 0.261 e. The summed E-state index contributed by atoms with van der Waals surface area (Å²) in [5.41, 5.74) is 0.636. The fourth-order valence-corrected chi connectivity index (χ4v) is 5.70. The second kappa shape index (κ2) is 11.3. The van der Waals surface area contributed by atoms with E-state index in [1.165, 1.54) is 12.8 Å². The molecule has 4 rings (SSSR count). The fourth-order valence-electron chi connectivity index (χ4n) is 3.94. The lowest BCUT2D eigenvalue weighted by Crippen LogP contribution is -2.29. The third kappa shape index (κ3) is 5.77. The molecule has 10 heteroatoms. The van der Waals surface area contributed by atoms with Crippen LogP contribution in [-0.2, 0) is 12.3 Å². The predicted molar refractivity (Wildman–Crippen MR) is 129 cm³/mol. The summed E-state index contributed by atoms with van der Waals surface area (Å²) in [6.07, 6.45) is 4.58. The first-order valence-corrected chi connectivity index (χ1v) is 12.2. The Morgan fingerprint density at radius 3 is 2.81 bits per heavy atom. The van der Waals surface area contributed by atoms with Gasteiger partial charge in [0.25, 0.3) is 5.56 Å². The summed E-state index contributed by atoms with van der Waals surface area (Å²) >= 11 is 3.13. The standard InChI is InChI=1S/C21H27N5O2S2.ClH/c1-14-24-25-21(30-14)29-13-18-23-19-16(6-3-7-17(19)28-2)20(27)26(18)12-4-5-15-8-10-22-11-9-15;/h3,6-7,15,22H,4-5,8-13H2,1-2H3;1H. The summed E-state index contributed by atoms with van der Waals surface area (Å²) in [5.74, 6) is 2.72. The molecule has 0 saturated carbocycles. The summed E-state index contributed by atoms with van der Waals surface area (Å²) in [6, 6.07) is 5.53. The highest BCUT2D eigenvalue weighted by Gasteiger charge is 2.17.